The number of aromatic amines is 1. The molecule has 2 N–H and O–H groups in total. The van der Waals surface area contributed by atoms with Gasteiger partial charge in [-0.3, -0.25) is 9.89 Å². The lowest BCUT2D eigenvalue weighted by atomic mass is 9.92. The van der Waals surface area contributed by atoms with Crippen molar-refractivity contribution in [2.45, 2.75) is 33.1 Å². The van der Waals surface area contributed by atoms with Gasteiger partial charge in [0.1, 0.15) is 5.75 Å². The van der Waals surface area contributed by atoms with Crippen molar-refractivity contribution in [3.05, 3.63) is 59.4 Å². The third-order valence-electron chi connectivity index (χ3n) is 4.21. The van der Waals surface area contributed by atoms with E-state index in [0.29, 0.717) is 12.3 Å². The third-order valence-corrected chi connectivity index (χ3v) is 4.21. The van der Waals surface area contributed by atoms with Gasteiger partial charge >= 0.3 is 0 Å². The van der Waals surface area contributed by atoms with Crippen molar-refractivity contribution >= 4 is 22.9 Å². The monoisotopic (exact) mass is 364 g/mol. The second-order valence-electron chi connectivity index (χ2n) is 7.25. The molecule has 140 valence electrons. The van der Waals surface area contributed by atoms with Crippen molar-refractivity contribution in [3.63, 3.8) is 0 Å². The molecule has 3 rings (SSSR count). The highest BCUT2D eigenvalue weighted by atomic mass is 16.5. The lowest BCUT2D eigenvalue weighted by Crippen LogP contribution is -2.18. The van der Waals surface area contributed by atoms with Gasteiger partial charge in [-0.15, -0.1) is 0 Å². The molecule has 1 amide bonds. The first-order chi connectivity index (χ1) is 12.9. The molecule has 0 saturated carbocycles. The van der Waals surface area contributed by atoms with E-state index in [0.717, 1.165) is 27.8 Å². The highest BCUT2D eigenvalue weighted by Crippen LogP contribution is 2.26. The molecule has 0 atom stereocenters. The Morgan fingerprint density at radius 3 is 2.74 bits per heavy atom. The van der Waals surface area contributed by atoms with Crippen LogP contribution in [0.3, 0.4) is 0 Å². The number of nitrogens with one attached hydrogen (secondary N) is 2. The number of nitrogens with zero attached hydrogens (tertiary/aromatic N) is 2. The van der Waals surface area contributed by atoms with Crippen LogP contribution in [0.5, 0.6) is 5.75 Å². The average molecular weight is 364 g/mol. The summed E-state index contributed by atoms with van der Waals surface area (Å²) < 4.78 is 5.71. The minimum absolute atomic E-state index is 0.107. The van der Waals surface area contributed by atoms with E-state index in [4.69, 9.17) is 4.74 Å². The molecule has 6 heteroatoms. The van der Waals surface area contributed by atoms with E-state index in [1.165, 1.54) is 0 Å². The summed E-state index contributed by atoms with van der Waals surface area (Å²) in [5.74, 6) is 0.361. The smallest absolute Gasteiger partial charge is 0.291 e. The standard InChI is InChI=1S/C21H24N4O2/c1-5-27-18-11-10-14-8-6-7-9-15(14)16(18)13-22-25-20(26)17-12-19(24-23-17)21(2,3)4/h6-13H,5H2,1-4H3,(H,23,24)(H,25,26)/b22-13-. The SMILES string of the molecule is CCOc1ccc2ccccc2c1/C=N\NC(=O)c1cc(C(C)(C)C)[nH]n1. The number of hydrogen-bond donors (Lipinski definition) is 2. The summed E-state index contributed by atoms with van der Waals surface area (Å²) in [6.07, 6.45) is 1.61. The zero-order valence-electron chi connectivity index (χ0n) is 16.0. The number of fused-ring (bicyclic) bond motifs is 1. The summed E-state index contributed by atoms with van der Waals surface area (Å²) in [6.45, 7) is 8.64. The van der Waals surface area contributed by atoms with Gasteiger partial charge in [-0.05, 0) is 29.8 Å². The molecule has 3 aromatic rings. The number of rotatable bonds is 5. The molecule has 27 heavy (non-hydrogen) atoms. The van der Waals surface area contributed by atoms with Crippen LogP contribution in [-0.2, 0) is 5.41 Å². The van der Waals surface area contributed by atoms with Gasteiger partial charge < -0.3 is 4.74 Å². The van der Waals surface area contributed by atoms with E-state index in [9.17, 15) is 4.79 Å². The van der Waals surface area contributed by atoms with Gasteiger partial charge in [0, 0.05) is 16.7 Å². The highest BCUT2D eigenvalue weighted by molar-refractivity contribution is 6.03. The van der Waals surface area contributed by atoms with E-state index >= 15 is 0 Å². The molecule has 2 aromatic carbocycles. The van der Waals surface area contributed by atoms with E-state index < -0.39 is 0 Å². The van der Waals surface area contributed by atoms with Crippen LogP contribution in [0.25, 0.3) is 10.8 Å². The molecule has 0 aliphatic heterocycles. The zero-order valence-corrected chi connectivity index (χ0v) is 16.0. The molecule has 1 heterocycles. The first kappa shape index (κ1) is 18.6. The number of hydrazone groups is 1. The Balaban J connectivity index is 1.82. The fourth-order valence-electron chi connectivity index (χ4n) is 2.73. The van der Waals surface area contributed by atoms with Gasteiger partial charge in [0.05, 0.1) is 12.8 Å². The Morgan fingerprint density at radius 2 is 2.04 bits per heavy atom. The van der Waals surface area contributed by atoms with E-state index in [1.807, 2.05) is 43.3 Å². The number of benzene rings is 2. The van der Waals surface area contributed by atoms with Crippen molar-refractivity contribution in [2.24, 2.45) is 5.10 Å². The molecule has 0 spiro atoms. The quantitative estimate of drug-likeness (QED) is 0.530. The van der Waals surface area contributed by atoms with Crippen molar-refractivity contribution in [1.29, 1.82) is 0 Å². The van der Waals surface area contributed by atoms with Gasteiger partial charge in [-0.2, -0.15) is 10.2 Å². The Bertz CT molecular complexity index is 983. The Kier molecular flexibility index (Phi) is 5.26. The lowest BCUT2D eigenvalue weighted by Gasteiger charge is -2.14. The molecule has 0 bridgehead atoms. The Labute approximate surface area is 158 Å². The average Bonchev–Trinajstić information content (AvgIpc) is 3.14. The van der Waals surface area contributed by atoms with Gasteiger partial charge in [0.2, 0.25) is 0 Å². The predicted octanol–water partition coefficient (Wildman–Crippen LogP) is 4.02. The summed E-state index contributed by atoms with van der Waals surface area (Å²) in [4.78, 5) is 12.3. The summed E-state index contributed by atoms with van der Waals surface area (Å²) in [6, 6.07) is 13.6. The van der Waals surface area contributed by atoms with E-state index in [2.05, 4.69) is 41.5 Å². The van der Waals surface area contributed by atoms with Crippen LogP contribution in [0.2, 0.25) is 0 Å². The Hall–Kier alpha value is -3.15. The number of aromatic nitrogens is 2. The topological polar surface area (TPSA) is 79.4 Å². The lowest BCUT2D eigenvalue weighted by molar-refractivity contribution is 0.0950. The number of hydrogen-bond acceptors (Lipinski definition) is 4. The van der Waals surface area contributed by atoms with Gasteiger partial charge in [0.25, 0.3) is 5.91 Å². The summed E-state index contributed by atoms with van der Waals surface area (Å²) >= 11 is 0. The first-order valence-electron chi connectivity index (χ1n) is 8.94. The summed E-state index contributed by atoms with van der Waals surface area (Å²) in [5.41, 5.74) is 4.46. The minimum Gasteiger partial charge on any atom is -0.493 e. The van der Waals surface area contributed by atoms with Crippen LogP contribution >= 0.6 is 0 Å². The normalized spacial score (nSPS) is 11.9. The number of H-pyrrole nitrogens is 1. The van der Waals surface area contributed by atoms with Crippen LogP contribution in [0.15, 0.2) is 47.6 Å². The van der Waals surface area contributed by atoms with Crippen LogP contribution in [0.4, 0.5) is 0 Å². The minimum atomic E-state index is -0.365. The molecule has 1 aromatic heterocycles. The molecule has 0 aliphatic carbocycles. The van der Waals surface area contributed by atoms with Crippen LogP contribution in [0.1, 0.15) is 49.4 Å². The van der Waals surface area contributed by atoms with Gasteiger partial charge in [-0.1, -0.05) is 51.1 Å². The van der Waals surface area contributed by atoms with Crippen molar-refractivity contribution in [2.75, 3.05) is 6.61 Å². The predicted molar refractivity (Wildman–Crippen MR) is 107 cm³/mol. The van der Waals surface area contributed by atoms with Gasteiger partial charge in [0.15, 0.2) is 5.69 Å². The number of carbonyl (C=O) groups excluding carboxylic acids is 1. The largest absolute Gasteiger partial charge is 0.493 e. The molecule has 6 nitrogen and oxygen atoms in total. The third kappa shape index (κ3) is 4.16. The second kappa shape index (κ2) is 7.61. The summed E-state index contributed by atoms with van der Waals surface area (Å²) in [7, 11) is 0. The van der Waals surface area contributed by atoms with Crippen molar-refractivity contribution in [3.8, 4) is 5.75 Å². The molecule has 0 fully saturated rings. The van der Waals surface area contributed by atoms with Crippen molar-refractivity contribution < 1.29 is 9.53 Å². The van der Waals surface area contributed by atoms with Crippen LogP contribution < -0.4 is 10.2 Å². The van der Waals surface area contributed by atoms with Crippen LogP contribution in [0, 0.1) is 0 Å². The zero-order chi connectivity index (χ0) is 19.4. The first-order valence-corrected chi connectivity index (χ1v) is 8.94. The fraction of sp³-hybridized carbons (Fsp3) is 0.286. The maximum Gasteiger partial charge on any atom is 0.291 e. The maximum atomic E-state index is 12.3. The second-order valence-corrected chi connectivity index (χ2v) is 7.25. The molecule has 0 unspecified atom stereocenters. The number of amides is 1. The van der Waals surface area contributed by atoms with Crippen LogP contribution in [-0.4, -0.2) is 28.9 Å². The Morgan fingerprint density at radius 1 is 1.26 bits per heavy atom. The van der Waals surface area contributed by atoms with Gasteiger partial charge in [-0.25, -0.2) is 5.43 Å². The number of carbonyl (C=O) groups is 1. The summed E-state index contributed by atoms with van der Waals surface area (Å²) in [5, 5.41) is 13.2. The van der Waals surface area contributed by atoms with Crippen molar-refractivity contribution in [1.82, 2.24) is 15.6 Å². The van der Waals surface area contributed by atoms with E-state index in [-0.39, 0.29) is 11.3 Å². The highest BCUT2D eigenvalue weighted by Gasteiger charge is 2.19. The van der Waals surface area contributed by atoms with E-state index in [1.54, 1.807) is 12.3 Å². The molecule has 0 aliphatic rings. The fourth-order valence-corrected chi connectivity index (χ4v) is 2.73. The molecule has 0 radical (unpaired) electrons. The molecular weight excluding hydrogens is 340 g/mol. The number of ether oxygens (including phenoxy) is 1. The molecule has 0 saturated heterocycles. The maximum absolute atomic E-state index is 12.3. The molecular formula is C21H24N4O2.